The van der Waals surface area contributed by atoms with E-state index in [-0.39, 0.29) is 0 Å². The molecule has 5 nitrogen and oxygen atoms in total. The highest BCUT2D eigenvalue weighted by atomic mass is 16.3. The fourth-order valence-electron chi connectivity index (χ4n) is 7.06. The molecule has 5 heteroatoms. The zero-order valence-electron chi connectivity index (χ0n) is 26.9. The predicted molar refractivity (Wildman–Crippen MR) is 203 cm³/mol. The summed E-state index contributed by atoms with van der Waals surface area (Å²) in [5.74, 6) is 1.91. The van der Waals surface area contributed by atoms with Crippen molar-refractivity contribution < 1.29 is 4.42 Å². The number of nitrogens with zero attached hydrogens (tertiary/aromatic N) is 4. The highest BCUT2D eigenvalue weighted by Crippen LogP contribution is 2.41. The van der Waals surface area contributed by atoms with Crippen LogP contribution in [0.3, 0.4) is 0 Å². The molecule has 3 heterocycles. The molecule has 0 aliphatic heterocycles. The molecule has 0 fully saturated rings. The van der Waals surface area contributed by atoms with E-state index in [1.54, 1.807) is 0 Å². The minimum Gasteiger partial charge on any atom is -0.454 e. The number of aromatic nitrogens is 4. The summed E-state index contributed by atoms with van der Waals surface area (Å²) in [5, 5.41) is 4.53. The van der Waals surface area contributed by atoms with Gasteiger partial charge in [0.2, 0.25) is 0 Å². The van der Waals surface area contributed by atoms with Crippen molar-refractivity contribution in [2.75, 3.05) is 0 Å². The van der Waals surface area contributed by atoms with Crippen molar-refractivity contribution in [2.45, 2.75) is 0 Å². The number of hydrogen-bond acceptors (Lipinski definition) is 4. The van der Waals surface area contributed by atoms with Crippen LogP contribution in [0.25, 0.3) is 94.7 Å². The summed E-state index contributed by atoms with van der Waals surface area (Å²) in [6, 6.07) is 58.6. The minimum absolute atomic E-state index is 0.624. The minimum atomic E-state index is 0.624. The zero-order valence-corrected chi connectivity index (χ0v) is 26.9. The predicted octanol–water partition coefficient (Wildman–Crippen LogP) is 11.5. The Morgan fingerprint density at radius 1 is 0.380 bits per heavy atom. The van der Waals surface area contributed by atoms with E-state index >= 15 is 0 Å². The van der Waals surface area contributed by atoms with Crippen LogP contribution in [-0.2, 0) is 0 Å². The van der Waals surface area contributed by atoms with Crippen LogP contribution in [0.2, 0.25) is 0 Å². The van der Waals surface area contributed by atoms with E-state index in [1.807, 2.05) is 72.8 Å². The van der Waals surface area contributed by atoms with E-state index in [9.17, 15) is 0 Å². The highest BCUT2D eigenvalue weighted by Gasteiger charge is 2.20. The summed E-state index contributed by atoms with van der Waals surface area (Å²) >= 11 is 0. The lowest BCUT2D eigenvalue weighted by atomic mass is 10.0. The second kappa shape index (κ2) is 11.4. The molecule has 0 aliphatic rings. The number of fused-ring (bicyclic) bond motifs is 7. The molecule has 0 spiro atoms. The average molecular weight is 641 g/mol. The van der Waals surface area contributed by atoms with Crippen molar-refractivity contribution in [3.05, 3.63) is 170 Å². The van der Waals surface area contributed by atoms with Gasteiger partial charge in [0.25, 0.3) is 0 Å². The number of benzene rings is 7. The van der Waals surface area contributed by atoms with Gasteiger partial charge >= 0.3 is 0 Å². The first-order valence-electron chi connectivity index (χ1n) is 16.7. The molecule has 50 heavy (non-hydrogen) atoms. The molecular formula is C45H28N4O. The third-order valence-corrected chi connectivity index (χ3v) is 9.46. The maximum absolute atomic E-state index is 6.63. The van der Waals surface area contributed by atoms with Gasteiger partial charge in [-0.25, -0.2) is 15.0 Å². The lowest BCUT2D eigenvalue weighted by Gasteiger charge is -2.11. The molecule has 0 amide bonds. The first kappa shape index (κ1) is 28.2. The number of hydrogen-bond donors (Lipinski definition) is 0. The average Bonchev–Trinajstić information content (AvgIpc) is 3.74. The van der Waals surface area contributed by atoms with Crippen molar-refractivity contribution in [1.29, 1.82) is 0 Å². The van der Waals surface area contributed by atoms with Gasteiger partial charge in [-0.2, -0.15) is 0 Å². The van der Waals surface area contributed by atoms with Crippen LogP contribution in [-0.4, -0.2) is 19.5 Å². The van der Waals surface area contributed by atoms with Crippen LogP contribution in [0.4, 0.5) is 0 Å². The Morgan fingerprint density at radius 3 is 1.54 bits per heavy atom. The van der Waals surface area contributed by atoms with Crippen molar-refractivity contribution in [3.8, 4) is 51.0 Å². The molecule has 0 radical (unpaired) electrons. The Morgan fingerprint density at radius 2 is 0.900 bits per heavy atom. The van der Waals surface area contributed by atoms with Crippen molar-refractivity contribution >= 4 is 43.7 Å². The monoisotopic (exact) mass is 640 g/mol. The Hall–Kier alpha value is -6.85. The first-order chi connectivity index (χ1) is 24.8. The summed E-state index contributed by atoms with van der Waals surface area (Å²) in [5.41, 5.74) is 10.1. The smallest absolute Gasteiger partial charge is 0.164 e. The van der Waals surface area contributed by atoms with Gasteiger partial charge < -0.3 is 8.98 Å². The second-order valence-corrected chi connectivity index (χ2v) is 12.5. The quantitative estimate of drug-likeness (QED) is 0.188. The number of rotatable bonds is 5. The highest BCUT2D eigenvalue weighted by molar-refractivity contribution is 6.21. The Kier molecular flexibility index (Phi) is 6.42. The fourth-order valence-corrected chi connectivity index (χ4v) is 7.06. The van der Waals surface area contributed by atoms with Crippen LogP contribution >= 0.6 is 0 Å². The van der Waals surface area contributed by atoms with Crippen LogP contribution < -0.4 is 0 Å². The summed E-state index contributed by atoms with van der Waals surface area (Å²) < 4.78 is 8.95. The van der Waals surface area contributed by atoms with Gasteiger partial charge in [-0.05, 0) is 59.7 Å². The van der Waals surface area contributed by atoms with Gasteiger partial charge in [-0.1, -0.05) is 121 Å². The zero-order chi connectivity index (χ0) is 33.0. The Bertz CT molecular complexity index is 2780. The Balaban J connectivity index is 1.17. The number of furan rings is 1. The SMILES string of the molecule is c1ccc(-c2ccc3c(c2)c2ccc4c5ccccc5oc4c2n3-c2ccc(-c3nc(-c4ccccc4)nc(-c4ccccc4)n3)cc2)cc1. The molecule has 0 aliphatic carbocycles. The van der Waals surface area contributed by atoms with Crippen molar-refractivity contribution in [2.24, 2.45) is 0 Å². The van der Waals surface area contributed by atoms with Crippen molar-refractivity contribution in [3.63, 3.8) is 0 Å². The van der Waals surface area contributed by atoms with Gasteiger partial charge in [0.15, 0.2) is 23.1 Å². The van der Waals surface area contributed by atoms with E-state index < -0.39 is 0 Å². The third-order valence-electron chi connectivity index (χ3n) is 9.46. The molecule has 234 valence electrons. The second-order valence-electron chi connectivity index (χ2n) is 12.5. The maximum Gasteiger partial charge on any atom is 0.164 e. The van der Waals surface area contributed by atoms with E-state index in [2.05, 4.69) is 102 Å². The fraction of sp³-hybridized carbons (Fsp3) is 0. The molecule has 0 unspecified atom stereocenters. The topological polar surface area (TPSA) is 56.7 Å². The van der Waals surface area contributed by atoms with Gasteiger partial charge in [0.05, 0.1) is 11.0 Å². The maximum atomic E-state index is 6.63. The summed E-state index contributed by atoms with van der Waals surface area (Å²) in [7, 11) is 0. The van der Waals surface area contributed by atoms with Crippen LogP contribution in [0, 0.1) is 0 Å². The Labute approximate surface area is 287 Å². The molecule has 0 atom stereocenters. The lowest BCUT2D eigenvalue weighted by molar-refractivity contribution is 0.671. The van der Waals surface area contributed by atoms with E-state index in [4.69, 9.17) is 19.4 Å². The van der Waals surface area contributed by atoms with Crippen LogP contribution in [0.5, 0.6) is 0 Å². The normalized spacial score (nSPS) is 11.6. The number of para-hydroxylation sites is 1. The van der Waals surface area contributed by atoms with Crippen molar-refractivity contribution in [1.82, 2.24) is 19.5 Å². The van der Waals surface area contributed by atoms with E-state index in [0.717, 1.165) is 60.7 Å². The molecule has 0 bridgehead atoms. The summed E-state index contributed by atoms with van der Waals surface area (Å²) in [6.07, 6.45) is 0. The largest absolute Gasteiger partial charge is 0.454 e. The van der Waals surface area contributed by atoms with Gasteiger partial charge in [-0.3, -0.25) is 0 Å². The molecule has 3 aromatic heterocycles. The molecule has 0 saturated heterocycles. The third kappa shape index (κ3) is 4.60. The van der Waals surface area contributed by atoms with E-state index in [0.29, 0.717) is 17.5 Å². The standard InChI is InChI=1S/C45H28N4O/c1-4-12-29(13-5-1)33-22-27-39-38(28-33)36-25-26-37-35-18-10-11-19-40(35)50-42(37)41(36)49(39)34-23-20-32(21-24-34)45-47-43(30-14-6-2-7-15-30)46-44(48-45)31-16-8-3-9-17-31/h1-28H. The summed E-state index contributed by atoms with van der Waals surface area (Å²) in [6.45, 7) is 0. The van der Waals surface area contributed by atoms with Crippen LogP contribution in [0.1, 0.15) is 0 Å². The van der Waals surface area contributed by atoms with E-state index in [1.165, 1.54) is 16.5 Å². The van der Waals surface area contributed by atoms with Gasteiger partial charge in [0, 0.05) is 43.9 Å². The molecule has 10 rings (SSSR count). The molecule has 0 saturated carbocycles. The first-order valence-corrected chi connectivity index (χ1v) is 16.7. The summed E-state index contributed by atoms with van der Waals surface area (Å²) in [4.78, 5) is 14.8. The van der Waals surface area contributed by atoms with Crippen LogP contribution in [0.15, 0.2) is 174 Å². The van der Waals surface area contributed by atoms with Gasteiger partial charge in [-0.15, -0.1) is 0 Å². The van der Waals surface area contributed by atoms with Gasteiger partial charge in [0.1, 0.15) is 5.58 Å². The molecular weight excluding hydrogens is 613 g/mol. The molecule has 10 aromatic rings. The lowest BCUT2D eigenvalue weighted by Crippen LogP contribution is -2.00. The molecule has 0 N–H and O–H groups in total. The molecule has 7 aromatic carbocycles.